The minimum absolute atomic E-state index is 0.0254. The highest BCUT2D eigenvalue weighted by molar-refractivity contribution is 5.76. The van der Waals surface area contributed by atoms with Gasteiger partial charge >= 0.3 is 0 Å². The zero-order valence-electron chi connectivity index (χ0n) is 13.3. The smallest absolute Gasteiger partial charge is 0.255 e. The van der Waals surface area contributed by atoms with Gasteiger partial charge in [-0.3, -0.25) is 9.59 Å². The summed E-state index contributed by atoms with van der Waals surface area (Å²) in [7, 11) is 1.51. The van der Waals surface area contributed by atoms with Crippen LogP contribution in [0.25, 0.3) is 0 Å². The molecular formula is C16H23N3O4. The van der Waals surface area contributed by atoms with E-state index in [1.54, 1.807) is 12.1 Å². The van der Waals surface area contributed by atoms with Crippen LogP contribution >= 0.6 is 0 Å². The first-order valence-electron chi connectivity index (χ1n) is 7.66. The first-order valence-corrected chi connectivity index (χ1v) is 7.66. The largest absolute Gasteiger partial charge is 0.493 e. The minimum atomic E-state index is -0.552. The quantitative estimate of drug-likeness (QED) is 0.640. The Morgan fingerprint density at radius 3 is 2.87 bits per heavy atom. The number of nitrogens with one attached hydrogen (secondary N) is 2. The zero-order valence-corrected chi connectivity index (χ0v) is 13.3. The first kappa shape index (κ1) is 17.1. The Morgan fingerprint density at radius 2 is 2.22 bits per heavy atom. The molecule has 0 radical (unpaired) electrons. The lowest BCUT2D eigenvalue weighted by Crippen LogP contribution is -2.31. The molecule has 0 aromatic heterocycles. The highest BCUT2D eigenvalue weighted by atomic mass is 16.5. The van der Waals surface area contributed by atoms with Crippen LogP contribution in [0.2, 0.25) is 0 Å². The van der Waals surface area contributed by atoms with Gasteiger partial charge in [-0.1, -0.05) is 6.07 Å². The average molecular weight is 321 g/mol. The van der Waals surface area contributed by atoms with Crippen molar-refractivity contribution in [3.05, 3.63) is 23.8 Å². The van der Waals surface area contributed by atoms with Crippen LogP contribution in [0.3, 0.4) is 0 Å². The number of carbonyl (C=O) groups excluding carboxylic acids is 2. The molecule has 1 saturated heterocycles. The summed E-state index contributed by atoms with van der Waals surface area (Å²) >= 11 is 0. The molecule has 7 nitrogen and oxygen atoms in total. The average Bonchev–Trinajstić information content (AvgIpc) is 3.04. The van der Waals surface area contributed by atoms with E-state index in [1.165, 1.54) is 7.11 Å². The van der Waals surface area contributed by atoms with E-state index in [4.69, 9.17) is 15.2 Å². The molecule has 0 aliphatic carbocycles. The number of methoxy groups -OCH3 is 1. The molecule has 2 amide bonds. The van der Waals surface area contributed by atoms with Crippen molar-refractivity contribution in [3.8, 4) is 11.5 Å². The molecule has 1 aliphatic heterocycles. The van der Waals surface area contributed by atoms with Crippen LogP contribution < -0.4 is 25.8 Å². The van der Waals surface area contributed by atoms with E-state index in [2.05, 4.69) is 10.6 Å². The predicted molar refractivity (Wildman–Crippen MR) is 85.2 cm³/mol. The number of nitrogens with two attached hydrogens (primary N) is 1. The van der Waals surface area contributed by atoms with Gasteiger partial charge in [0.15, 0.2) is 18.1 Å². The molecule has 1 atom stereocenters. The molecule has 2 rings (SSSR count). The minimum Gasteiger partial charge on any atom is -0.493 e. The molecule has 0 bridgehead atoms. The fourth-order valence-corrected chi connectivity index (χ4v) is 2.52. The molecule has 4 N–H and O–H groups in total. The Morgan fingerprint density at radius 1 is 1.39 bits per heavy atom. The van der Waals surface area contributed by atoms with E-state index in [0.29, 0.717) is 24.5 Å². The Bertz CT molecular complexity index is 556. The van der Waals surface area contributed by atoms with Gasteiger partial charge in [-0.25, -0.2) is 0 Å². The molecule has 1 aromatic carbocycles. The van der Waals surface area contributed by atoms with E-state index >= 15 is 0 Å². The number of rotatable bonds is 8. The fraction of sp³-hybridized carbons (Fsp3) is 0.500. The van der Waals surface area contributed by atoms with Gasteiger partial charge in [-0.05, 0) is 37.1 Å². The number of carbonyl (C=O) groups is 2. The Labute approximate surface area is 135 Å². The van der Waals surface area contributed by atoms with Crippen molar-refractivity contribution < 1.29 is 19.1 Å². The monoisotopic (exact) mass is 321 g/mol. The van der Waals surface area contributed by atoms with Crippen LogP contribution in [-0.2, 0) is 16.1 Å². The molecular weight excluding hydrogens is 298 g/mol. The highest BCUT2D eigenvalue weighted by Crippen LogP contribution is 2.28. The normalized spacial score (nSPS) is 16.8. The van der Waals surface area contributed by atoms with Crippen LogP contribution in [0.4, 0.5) is 0 Å². The Hall–Kier alpha value is -2.28. The van der Waals surface area contributed by atoms with E-state index in [9.17, 15) is 9.59 Å². The third-order valence-corrected chi connectivity index (χ3v) is 3.68. The summed E-state index contributed by atoms with van der Waals surface area (Å²) in [5, 5.41) is 6.20. The van der Waals surface area contributed by atoms with E-state index in [1.807, 2.05) is 6.07 Å². The SMILES string of the molecule is COc1cc(CNC(=O)CC2CCCN2)ccc1OCC(N)=O. The van der Waals surface area contributed by atoms with E-state index < -0.39 is 5.91 Å². The third kappa shape index (κ3) is 5.45. The van der Waals surface area contributed by atoms with Crippen molar-refractivity contribution in [2.45, 2.75) is 31.8 Å². The number of primary amides is 1. The second kappa shape index (κ2) is 8.38. The molecule has 23 heavy (non-hydrogen) atoms. The molecule has 0 spiro atoms. The highest BCUT2D eigenvalue weighted by Gasteiger charge is 2.17. The predicted octanol–water partition coefficient (Wildman–Crippen LogP) is 0.318. The summed E-state index contributed by atoms with van der Waals surface area (Å²) in [6, 6.07) is 5.56. The van der Waals surface area contributed by atoms with Crippen molar-refractivity contribution in [1.82, 2.24) is 10.6 Å². The van der Waals surface area contributed by atoms with Gasteiger partial charge < -0.3 is 25.8 Å². The lowest BCUT2D eigenvalue weighted by molar-refractivity contribution is -0.122. The lowest BCUT2D eigenvalue weighted by atomic mass is 10.1. The Balaban J connectivity index is 1.86. The lowest BCUT2D eigenvalue weighted by Gasteiger charge is -2.13. The van der Waals surface area contributed by atoms with Gasteiger partial charge in [0.1, 0.15) is 0 Å². The number of hydrogen-bond acceptors (Lipinski definition) is 5. The van der Waals surface area contributed by atoms with Crippen LogP contribution in [0.5, 0.6) is 11.5 Å². The zero-order chi connectivity index (χ0) is 16.7. The number of benzene rings is 1. The summed E-state index contributed by atoms with van der Waals surface area (Å²) in [4.78, 5) is 22.7. The fourth-order valence-electron chi connectivity index (χ4n) is 2.52. The molecule has 7 heteroatoms. The van der Waals surface area contributed by atoms with Gasteiger partial charge in [-0.15, -0.1) is 0 Å². The van der Waals surface area contributed by atoms with Crippen molar-refractivity contribution in [2.75, 3.05) is 20.3 Å². The topological polar surface area (TPSA) is 103 Å². The van der Waals surface area contributed by atoms with Gasteiger partial charge in [0.25, 0.3) is 5.91 Å². The van der Waals surface area contributed by atoms with Crippen molar-refractivity contribution in [1.29, 1.82) is 0 Å². The van der Waals surface area contributed by atoms with Crippen LogP contribution in [0.1, 0.15) is 24.8 Å². The molecule has 126 valence electrons. The van der Waals surface area contributed by atoms with Crippen LogP contribution in [0, 0.1) is 0 Å². The standard InChI is InChI=1S/C16H23N3O4/c1-22-14-7-11(4-5-13(14)23-10-15(17)20)9-19-16(21)8-12-3-2-6-18-12/h4-5,7,12,18H,2-3,6,8-10H2,1H3,(H2,17,20)(H,19,21). The summed E-state index contributed by atoms with van der Waals surface area (Å²) in [6.07, 6.45) is 2.67. The van der Waals surface area contributed by atoms with E-state index in [0.717, 1.165) is 24.9 Å². The maximum atomic E-state index is 11.9. The summed E-state index contributed by atoms with van der Waals surface area (Å²) < 4.78 is 10.5. The van der Waals surface area contributed by atoms with Crippen LogP contribution in [-0.4, -0.2) is 38.1 Å². The maximum Gasteiger partial charge on any atom is 0.255 e. The maximum absolute atomic E-state index is 11.9. The van der Waals surface area contributed by atoms with Gasteiger partial charge in [0.05, 0.1) is 7.11 Å². The van der Waals surface area contributed by atoms with Gasteiger partial charge in [0, 0.05) is 19.0 Å². The second-order valence-corrected chi connectivity index (χ2v) is 5.51. The molecule has 1 aromatic rings. The molecule has 0 saturated carbocycles. The first-order chi connectivity index (χ1) is 11.1. The number of ether oxygens (including phenoxy) is 2. The van der Waals surface area contributed by atoms with Crippen molar-refractivity contribution in [3.63, 3.8) is 0 Å². The van der Waals surface area contributed by atoms with Gasteiger partial charge in [0.2, 0.25) is 5.91 Å². The van der Waals surface area contributed by atoms with Crippen molar-refractivity contribution in [2.24, 2.45) is 5.73 Å². The van der Waals surface area contributed by atoms with Gasteiger partial charge in [-0.2, -0.15) is 0 Å². The van der Waals surface area contributed by atoms with E-state index in [-0.39, 0.29) is 18.6 Å². The summed E-state index contributed by atoms with van der Waals surface area (Å²) in [5.41, 5.74) is 5.94. The molecule has 1 aliphatic rings. The number of hydrogen-bond donors (Lipinski definition) is 3. The number of amides is 2. The Kier molecular flexibility index (Phi) is 6.22. The van der Waals surface area contributed by atoms with Crippen LogP contribution in [0.15, 0.2) is 18.2 Å². The van der Waals surface area contributed by atoms with Crippen molar-refractivity contribution >= 4 is 11.8 Å². The summed E-state index contributed by atoms with van der Waals surface area (Å²) in [5.74, 6) is 0.410. The molecule has 1 unspecified atom stereocenters. The second-order valence-electron chi connectivity index (χ2n) is 5.51. The molecule has 1 heterocycles. The third-order valence-electron chi connectivity index (χ3n) is 3.68. The summed E-state index contributed by atoms with van der Waals surface area (Å²) in [6.45, 7) is 1.20. The molecule has 1 fully saturated rings.